The number of benzene rings is 2. The van der Waals surface area contributed by atoms with E-state index >= 15 is 0 Å². The molecular formula is C23H25N4OS+. The molecule has 3 aromatic rings. The third-order valence-electron chi connectivity index (χ3n) is 5.34. The van der Waals surface area contributed by atoms with E-state index < -0.39 is 0 Å². The number of thiophene rings is 1. The second-order valence-corrected chi connectivity index (χ2v) is 8.79. The van der Waals surface area contributed by atoms with E-state index in [4.69, 9.17) is 9.73 Å². The molecule has 0 spiro atoms. The predicted octanol–water partition coefficient (Wildman–Crippen LogP) is 3.52. The molecule has 1 fully saturated rings. The standard InChI is InChI=1S/C23H24N4OS/c1-16-13-19-22(25-20-9-5-6-10-21(20)26-23(19)29-16)27-12-11-24-17(14-27)15-28-18-7-3-2-4-8-18/h2-10,13,17,24,26H,11-12,14-15H2,1H3/p+1/t17-/m1/s1. The molecule has 5 rings (SSSR count). The molecule has 5 nitrogen and oxygen atoms in total. The molecule has 0 unspecified atom stereocenters. The number of ether oxygens (including phenoxy) is 1. The van der Waals surface area contributed by atoms with Crippen LogP contribution in [0.5, 0.6) is 5.75 Å². The van der Waals surface area contributed by atoms with E-state index in [1.54, 1.807) is 11.3 Å². The van der Waals surface area contributed by atoms with Gasteiger partial charge in [-0.25, -0.2) is 4.99 Å². The van der Waals surface area contributed by atoms with Crippen molar-refractivity contribution >= 4 is 33.5 Å². The number of aliphatic imine (C=N–C) groups is 1. The summed E-state index contributed by atoms with van der Waals surface area (Å²) in [6, 6.07) is 21.0. The molecule has 148 valence electrons. The lowest BCUT2D eigenvalue weighted by Crippen LogP contribution is -2.96. The van der Waals surface area contributed by atoms with Crippen LogP contribution in [-0.2, 0) is 0 Å². The van der Waals surface area contributed by atoms with Crippen LogP contribution in [0.15, 0.2) is 65.7 Å². The summed E-state index contributed by atoms with van der Waals surface area (Å²) in [7, 11) is 0. The van der Waals surface area contributed by atoms with Gasteiger partial charge in [-0.15, -0.1) is 11.3 Å². The third-order valence-corrected chi connectivity index (χ3v) is 6.30. The van der Waals surface area contributed by atoms with Gasteiger partial charge in [0.2, 0.25) is 0 Å². The summed E-state index contributed by atoms with van der Waals surface area (Å²) in [5.74, 6) is 2.00. The van der Waals surface area contributed by atoms with E-state index in [0.717, 1.165) is 42.6 Å². The number of nitrogens with two attached hydrogens (primary N) is 1. The Morgan fingerprint density at radius 1 is 1.17 bits per heavy atom. The molecule has 2 aliphatic rings. The van der Waals surface area contributed by atoms with Crippen molar-refractivity contribution in [1.82, 2.24) is 4.90 Å². The molecule has 29 heavy (non-hydrogen) atoms. The summed E-state index contributed by atoms with van der Waals surface area (Å²) >= 11 is 1.79. The number of anilines is 2. The number of hydrogen-bond acceptors (Lipinski definition) is 5. The SMILES string of the molecule is Cc1cc2c(s1)Nc1ccccc1N=C2N1CC[NH2+][C@@H](COc2ccccc2)C1. The highest BCUT2D eigenvalue weighted by atomic mass is 32.1. The number of piperazine rings is 1. The van der Waals surface area contributed by atoms with Crippen LogP contribution in [0.4, 0.5) is 16.4 Å². The Hall–Kier alpha value is -2.83. The number of amidine groups is 1. The molecule has 1 aromatic heterocycles. The minimum Gasteiger partial charge on any atom is -0.487 e. The molecule has 2 aliphatic heterocycles. The monoisotopic (exact) mass is 405 g/mol. The second-order valence-electron chi connectivity index (χ2n) is 7.53. The topological polar surface area (TPSA) is 53.5 Å². The maximum Gasteiger partial charge on any atom is 0.142 e. The fraction of sp³-hybridized carbons (Fsp3) is 0.261. The Morgan fingerprint density at radius 3 is 2.90 bits per heavy atom. The van der Waals surface area contributed by atoms with Gasteiger partial charge in [-0.3, -0.25) is 0 Å². The van der Waals surface area contributed by atoms with E-state index in [2.05, 4.69) is 46.7 Å². The molecule has 1 saturated heterocycles. The zero-order valence-electron chi connectivity index (χ0n) is 16.5. The number of quaternary nitrogens is 1. The highest BCUT2D eigenvalue weighted by Crippen LogP contribution is 2.39. The van der Waals surface area contributed by atoms with E-state index in [0.29, 0.717) is 12.6 Å². The lowest BCUT2D eigenvalue weighted by atomic mass is 10.1. The first kappa shape index (κ1) is 18.2. The van der Waals surface area contributed by atoms with Crippen LogP contribution in [0, 0.1) is 6.92 Å². The van der Waals surface area contributed by atoms with Gasteiger partial charge in [0.15, 0.2) is 0 Å². The van der Waals surface area contributed by atoms with Gasteiger partial charge in [-0.2, -0.15) is 0 Å². The minimum absolute atomic E-state index is 0.376. The number of rotatable bonds is 3. The number of hydrogen-bond donors (Lipinski definition) is 2. The molecule has 3 N–H and O–H groups in total. The molecule has 0 saturated carbocycles. The van der Waals surface area contributed by atoms with Crippen molar-refractivity contribution in [2.75, 3.05) is 31.6 Å². The van der Waals surface area contributed by atoms with E-state index in [9.17, 15) is 0 Å². The van der Waals surface area contributed by atoms with Crippen LogP contribution < -0.4 is 15.4 Å². The van der Waals surface area contributed by atoms with Crippen molar-refractivity contribution in [2.24, 2.45) is 4.99 Å². The van der Waals surface area contributed by atoms with Crippen molar-refractivity contribution in [3.8, 4) is 5.75 Å². The van der Waals surface area contributed by atoms with E-state index in [1.165, 1.54) is 15.4 Å². The van der Waals surface area contributed by atoms with Gasteiger partial charge in [-0.05, 0) is 37.3 Å². The molecule has 6 heteroatoms. The maximum absolute atomic E-state index is 6.03. The Kier molecular flexibility index (Phi) is 4.96. The van der Waals surface area contributed by atoms with Crippen molar-refractivity contribution in [2.45, 2.75) is 13.0 Å². The number of para-hydroxylation sites is 3. The molecule has 2 aromatic carbocycles. The average Bonchev–Trinajstić information content (AvgIpc) is 3.04. The van der Waals surface area contributed by atoms with Gasteiger partial charge >= 0.3 is 0 Å². The fourth-order valence-corrected chi connectivity index (χ4v) is 4.86. The Balaban J connectivity index is 1.40. The van der Waals surface area contributed by atoms with Crippen LogP contribution in [-0.4, -0.2) is 43.0 Å². The highest BCUT2D eigenvalue weighted by Gasteiger charge is 2.29. The van der Waals surface area contributed by atoms with Crippen molar-refractivity contribution in [1.29, 1.82) is 0 Å². The molecular weight excluding hydrogens is 380 g/mol. The van der Waals surface area contributed by atoms with Gasteiger partial charge in [0, 0.05) is 4.88 Å². The van der Waals surface area contributed by atoms with E-state index in [1.807, 2.05) is 36.4 Å². The Bertz CT molecular complexity index is 1030. The smallest absolute Gasteiger partial charge is 0.142 e. The van der Waals surface area contributed by atoms with Gasteiger partial charge in [0.05, 0.1) is 36.6 Å². The third kappa shape index (κ3) is 3.86. The number of nitrogens with one attached hydrogen (secondary N) is 1. The van der Waals surface area contributed by atoms with Crippen LogP contribution in [0.1, 0.15) is 10.4 Å². The maximum atomic E-state index is 6.03. The molecule has 0 radical (unpaired) electrons. The highest BCUT2D eigenvalue weighted by molar-refractivity contribution is 7.16. The van der Waals surface area contributed by atoms with Gasteiger partial charge in [0.25, 0.3) is 0 Å². The normalized spacial score (nSPS) is 18.2. The van der Waals surface area contributed by atoms with Crippen molar-refractivity contribution in [3.63, 3.8) is 0 Å². The lowest BCUT2D eigenvalue weighted by Gasteiger charge is -2.33. The number of fused-ring (bicyclic) bond motifs is 2. The Morgan fingerprint density at radius 2 is 2.00 bits per heavy atom. The molecule has 3 heterocycles. The molecule has 0 bridgehead atoms. The van der Waals surface area contributed by atoms with Crippen molar-refractivity contribution in [3.05, 3.63) is 71.1 Å². The summed E-state index contributed by atoms with van der Waals surface area (Å²) in [5, 5.41) is 7.17. The average molecular weight is 406 g/mol. The lowest BCUT2D eigenvalue weighted by molar-refractivity contribution is -0.697. The summed E-state index contributed by atoms with van der Waals surface area (Å²) < 4.78 is 6.03. The molecule has 0 amide bonds. The minimum atomic E-state index is 0.376. The quantitative estimate of drug-likeness (QED) is 0.701. The van der Waals surface area contributed by atoms with E-state index in [-0.39, 0.29) is 0 Å². The summed E-state index contributed by atoms with van der Waals surface area (Å²) in [6.45, 7) is 5.79. The summed E-state index contributed by atoms with van der Waals surface area (Å²) in [6.07, 6.45) is 0. The number of aryl methyl sites for hydroxylation is 1. The largest absolute Gasteiger partial charge is 0.487 e. The number of nitrogens with zero attached hydrogens (tertiary/aromatic N) is 2. The Labute approximate surface area is 175 Å². The summed E-state index contributed by atoms with van der Waals surface area (Å²) in [4.78, 5) is 8.82. The zero-order chi connectivity index (χ0) is 19.6. The first-order valence-corrected chi connectivity index (χ1v) is 10.9. The van der Waals surface area contributed by atoms with Crippen LogP contribution >= 0.6 is 11.3 Å². The fourth-order valence-electron chi connectivity index (χ4n) is 3.94. The van der Waals surface area contributed by atoms with Crippen LogP contribution in [0.3, 0.4) is 0 Å². The zero-order valence-corrected chi connectivity index (χ0v) is 17.3. The molecule has 1 atom stereocenters. The van der Waals surface area contributed by atoms with Gasteiger partial charge in [0.1, 0.15) is 29.2 Å². The molecule has 0 aliphatic carbocycles. The second kappa shape index (κ2) is 7.89. The van der Waals surface area contributed by atoms with Crippen molar-refractivity contribution < 1.29 is 10.1 Å². The summed E-state index contributed by atoms with van der Waals surface area (Å²) in [5.41, 5.74) is 3.27. The predicted molar refractivity (Wildman–Crippen MR) is 119 cm³/mol. The first-order valence-electron chi connectivity index (χ1n) is 10.1. The van der Waals surface area contributed by atoms with Gasteiger partial charge in [-0.1, -0.05) is 30.3 Å². The van der Waals surface area contributed by atoms with Gasteiger partial charge < -0.3 is 20.3 Å². The van der Waals surface area contributed by atoms with Crippen LogP contribution in [0.2, 0.25) is 0 Å². The first-order chi connectivity index (χ1) is 14.3. The van der Waals surface area contributed by atoms with Crippen LogP contribution in [0.25, 0.3) is 0 Å².